The topological polar surface area (TPSA) is 112 Å². The fourth-order valence-electron chi connectivity index (χ4n) is 11.6. The van der Waals surface area contributed by atoms with E-state index in [2.05, 4.69) is 55.4 Å². The van der Waals surface area contributed by atoms with Crippen molar-refractivity contribution in [3.8, 4) is 5.75 Å². The highest BCUT2D eigenvalue weighted by Gasteiger charge is 2.64. The number of benzene rings is 1. The maximum Gasteiger partial charge on any atom is 0.304 e. The number of hydrogen-bond donors (Lipinski definition) is 3. The van der Waals surface area contributed by atoms with Crippen LogP contribution in [0.2, 0.25) is 0 Å². The van der Waals surface area contributed by atoms with Gasteiger partial charge in [-0.15, -0.1) is 0 Å². The molecule has 0 aliphatic heterocycles. The molecule has 1 aromatic rings. The van der Waals surface area contributed by atoms with E-state index in [0.717, 1.165) is 37.2 Å². The van der Waals surface area contributed by atoms with Crippen LogP contribution >= 0.6 is 0 Å². The standard InChI is InChI=1S/C29H46O.C7H8O.C6H10O3.C3H8.C2H6.CH4O/c1-7-13-29-16-12-22-20(26(29)25(18(2)3)23(30)17-29)8-9-24-27(5)14-10-19(4)21(27)11-15-28(22,24)6;1-6-2-4-7(8)5-3-6;1-6(2,4-7)3-5(8)9;1-3-2;2*1-2/h18-22,24H,7-17H2,1-6H3;2-5,8H,1H3;4H,3H2,1-2H3,(H,8,9);3H2,1-2H3;1-2H3;2H,1H3. The molecular weight excluding hydrogens is 673 g/mol. The van der Waals surface area contributed by atoms with Gasteiger partial charge in [0.25, 0.3) is 0 Å². The van der Waals surface area contributed by atoms with Crippen LogP contribution in [0, 0.1) is 64.1 Å². The molecule has 0 bridgehead atoms. The van der Waals surface area contributed by atoms with Crippen LogP contribution in [-0.2, 0) is 14.4 Å². The number of carbonyl (C=O) groups is 3. The van der Waals surface area contributed by atoms with E-state index in [1.54, 1.807) is 31.6 Å². The van der Waals surface area contributed by atoms with Crippen LogP contribution in [0.1, 0.15) is 172 Å². The van der Waals surface area contributed by atoms with Crippen LogP contribution in [0.4, 0.5) is 0 Å². The van der Waals surface area contributed by atoms with Gasteiger partial charge in [0, 0.05) is 18.9 Å². The van der Waals surface area contributed by atoms with E-state index in [1.807, 2.05) is 32.9 Å². The lowest BCUT2D eigenvalue weighted by Crippen LogP contribution is -2.56. The summed E-state index contributed by atoms with van der Waals surface area (Å²) in [6.07, 6.45) is 16.4. The smallest absolute Gasteiger partial charge is 0.304 e. The van der Waals surface area contributed by atoms with E-state index in [1.165, 1.54) is 81.8 Å². The van der Waals surface area contributed by atoms with E-state index < -0.39 is 11.4 Å². The fourth-order valence-corrected chi connectivity index (χ4v) is 11.6. The largest absolute Gasteiger partial charge is 0.508 e. The van der Waals surface area contributed by atoms with Crippen LogP contribution in [0.15, 0.2) is 35.4 Å². The summed E-state index contributed by atoms with van der Waals surface area (Å²) < 4.78 is 0. The number of carbonyl (C=O) groups excluding carboxylic acids is 2. The van der Waals surface area contributed by atoms with E-state index in [9.17, 15) is 14.4 Å². The predicted octanol–water partition coefficient (Wildman–Crippen LogP) is 12.4. The molecule has 54 heavy (non-hydrogen) atoms. The van der Waals surface area contributed by atoms with Crippen LogP contribution < -0.4 is 0 Å². The Morgan fingerprint density at radius 3 is 1.89 bits per heavy atom. The third-order valence-corrected chi connectivity index (χ3v) is 13.6. The maximum absolute atomic E-state index is 13.3. The molecule has 4 saturated carbocycles. The number of aliphatic hydroxyl groups is 1. The van der Waals surface area contributed by atoms with Gasteiger partial charge in [-0.3, -0.25) is 9.59 Å². The third-order valence-electron chi connectivity index (χ3n) is 13.6. The van der Waals surface area contributed by atoms with Gasteiger partial charge in [-0.2, -0.15) is 0 Å². The summed E-state index contributed by atoms with van der Waals surface area (Å²) in [5.41, 5.74) is 4.75. The molecule has 0 heterocycles. The average molecular weight is 755 g/mol. The molecule has 6 rings (SSSR count). The lowest BCUT2D eigenvalue weighted by atomic mass is 9.40. The molecule has 6 heteroatoms. The summed E-state index contributed by atoms with van der Waals surface area (Å²) in [6, 6.07) is 7.09. The Kier molecular flexibility index (Phi) is 19.9. The first-order valence-corrected chi connectivity index (χ1v) is 21.5. The first-order chi connectivity index (χ1) is 25.4. The Morgan fingerprint density at radius 1 is 0.907 bits per heavy atom. The summed E-state index contributed by atoms with van der Waals surface area (Å²) in [7, 11) is 1.00. The molecule has 5 aliphatic carbocycles. The molecule has 4 fully saturated rings. The highest BCUT2D eigenvalue weighted by molar-refractivity contribution is 6.00. The number of aliphatic hydroxyl groups excluding tert-OH is 1. The van der Waals surface area contributed by atoms with Crippen molar-refractivity contribution >= 4 is 18.0 Å². The zero-order valence-electron chi connectivity index (χ0n) is 37.1. The number of fused-ring (bicyclic) bond motifs is 7. The monoisotopic (exact) mass is 755 g/mol. The first kappa shape index (κ1) is 49.5. The minimum Gasteiger partial charge on any atom is -0.508 e. The van der Waals surface area contributed by atoms with Crippen molar-refractivity contribution in [2.75, 3.05) is 7.11 Å². The highest BCUT2D eigenvalue weighted by Crippen LogP contribution is 2.72. The number of rotatable bonds is 6. The van der Waals surface area contributed by atoms with E-state index in [4.69, 9.17) is 15.3 Å². The van der Waals surface area contributed by atoms with Crippen molar-refractivity contribution < 1.29 is 29.7 Å². The number of allylic oxidation sites excluding steroid dienone is 2. The fraction of sp³-hybridized carbons (Fsp3) is 0.771. The van der Waals surface area contributed by atoms with Crippen molar-refractivity contribution in [2.45, 2.75) is 173 Å². The summed E-state index contributed by atoms with van der Waals surface area (Å²) in [5, 5.41) is 24.0. The van der Waals surface area contributed by atoms with Crippen LogP contribution in [-0.4, -0.2) is 40.5 Å². The Bertz CT molecular complexity index is 1320. The van der Waals surface area contributed by atoms with Gasteiger partial charge in [-0.25, -0.2) is 0 Å². The quantitative estimate of drug-likeness (QED) is 0.249. The summed E-state index contributed by atoms with van der Waals surface area (Å²) in [6.45, 7) is 28.2. The van der Waals surface area contributed by atoms with Gasteiger partial charge in [0.2, 0.25) is 0 Å². The Balaban J connectivity index is 0.000000498. The predicted molar refractivity (Wildman–Crippen MR) is 226 cm³/mol. The number of aryl methyl sites for hydroxylation is 1. The average Bonchev–Trinajstić information content (AvgIpc) is 3.60. The third kappa shape index (κ3) is 11.3. The highest BCUT2D eigenvalue weighted by atomic mass is 16.4. The molecule has 3 N–H and O–H groups in total. The zero-order chi connectivity index (χ0) is 41.7. The normalized spacial score (nSPS) is 31.7. The molecule has 0 amide bonds. The first-order valence-electron chi connectivity index (χ1n) is 21.5. The minimum absolute atomic E-state index is 0.101. The van der Waals surface area contributed by atoms with Gasteiger partial charge in [0.1, 0.15) is 12.0 Å². The van der Waals surface area contributed by atoms with Crippen molar-refractivity contribution in [1.29, 1.82) is 0 Å². The molecule has 310 valence electrons. The second-order valence-electron chi connectivity index (χ2n) is 18.4. The molecule has 5 aliphatic rings. The summed E-state index contributed by atoms with van der Waals surface area (Å²) in [5.74, 6) is 4.65. The number of carboxylic acids is 1. The number of aldehydes is 1. The molecule has 0 spiro atoms. The van der Waals surface area contributed by atoms with Gasteiger partial charge >= 0.3 is 5.97 Å². The van der Waals surface area contributed by atoms with Crippen molar-refractivity contribution in [1.82, 2.24) is 0 Å². The summed E-state index contributed by atoms with van der Waals surface area (Å²) in [4.78, 5) is 33.4. The molecule has 8 unspecified atom stereocenters. The molecular formula is C48H82O6. The molecule has 0 saturated heterocycles. The molecule has 1 aromatic carbocycles. The Hall–Kier alpha value is -2.47. The number of phenols is 1. The Labute approximate surface area is 331 Å². The number of aromatic hydroxyl groups is 1. The van der Waals surface area contributed by atoms with Gasteiger partial charge in [0.15, 0.2) is 5.78 Å². The lowest BCUT2D eigenvalue weighted by Gasteiger charge is -2.64. The number of ketones is 1. The van der Waals surface area contributed by atoms with Crippen molar-refractivity contribution in [2.24, 2.45) is 57.2 Å². The van der Waals surface area contributed by atoms with E-state index in [-0.39, 0.29) is 11.8 Å². The molecule has 6 nitrogen and oxygen atoms in total. The van der Waals surface area contributed by atoms with E-state index >= 15 is 0 Å². The second-order valence-corrected chi connectivity index (χ2v) is 18.4. The Morgan fingerprint density at radius 2 is 1.43 bits per heavy atom. The number of hydrogen-bond acceptors (Lipinski definition) is 5. The number of aliphatic carboxylic acids is 1. The van der Waals surface area contributed by atoms with E-state index in [0.29, 0.717) is 40.5 Å². The molecule has 8 atom stereocenters. The number of Topliss-reactive ketones (excluding diaryl/α,β-unsaturated/α-hetero) is 1. The number of carboxylic acid groups (broad SMARTS) is 1. The second kappa shape index (κ2) is 21.7. The van der Waals surface area contributed by atoms with Crippen LogP contribution in [0.5, 0.6) is 5.75 Å². The number of phenolic OH excluding ortho intramolecular Hbond substituents is 1. The van der Waals surface area contributed by atoms with Crippen LogP contribution in [0.25, 0.3) is 0 Å². The molecule has 0 radical (unpaired) electrons. The lowest BCUT2D eigenvalue weighted by molar-refractivity contribution is -0.141. The summed E-state index contributed by atoms with van der Waals surface area (Å²) >= 11 is 0. The SMILES string of the molecule is CC.CC(C)(C=O)CC(=O)O.CCC.CCCC12CCC3C(CCC4C5(C)CCC(C)C5CCC34C)C1=C(C(C)C)C(=O)C2.CO.Cc1ccc(O)cc1. The minimum atomic E-state index is -0.938. The van der Waals surface area contributed by atoms with Gasteiger partial charge < -0.3 is 20.1 Å². The van der Waals surface area contributed by atoms with Gasteiger partial charge in [0.05, 0.1) is 6.42 Å². The maximum atomic E-state index is 13.3. The zero-order valence-corrected chi connectivity index (χ0v) is 37.1. The van der Waals surface area contributed by atoms with Crippen molar-refractivity contribution in [3.63, 3.8) is 0 Å². The van der Waals surface area contributed by atoms with Crippen LogP contribution in [0.3, 0.4) is 0 Å². The van der Waals surface area contributed by atoms with Gasteiger partial charge in [-0.1, -0.05) is 119 Å². The molecule has 0 aromatic heterocycles. The van der Waals surface area contributed by atoms with Gasteiger partial charge in [-0.05, 0) is 134 Å². The van der Waals surface area contributed by atoms with Crippen molar-refractivity contribution in [3.05, 3.63) is 41.0 Å².